The van der Waals surface area contributed by atoms with Crippen LogP contribution in [0.4, 0.5) is 34.1 Å². The number of anilines is 6. The molecule has 0 amide bonds. The van der Waals surface area contributed by atoms with Crippen LogP contribution in [0.5, 0.6) is 0 Å². The lowest BCUT2D eigenvalue weighted by atomic mass is 9.55. The minimum absolute atomic E-state index is 0.108. The van der Waals surface area contributed by atoms with Crippen LogP contribution in [-0.2, 0) is 21.7 Å². The Balaban J connectivity index is 0.000000138. The molecule has 0 bridgehead atoms. The van der Waals surface area contributed by atoms with Crippen molar-refractivity contribution in [2.75, 3.05) is 9.80 Å². The zero-order valence-corrected chi connectivity index (χ0v) is 60.5. The van der Waals surface area contributed by atoms with E-state index in [1.54, 1.807) is 0 Å². The summed E-state index contributed by atoms with van der Waals surface area (Å²) in [5.74, 6) is 0. The number of hydrogen-bond donors (Lipinski definition) is 0. The Morgan fingerprint density at radius 2 is 0.472 bits per heavy atom. The summed E-state index contributed by atoms with van der Waals surface area (Å²) in [6.45, 7) is 9.51. The van der Waals surface area contributed by atoms with Gasteiger partial charge >= 0.3 is 0 Å². The van der Waals surface area contributed by atoms with Crippen molar-refractivity contribution >= 4 is 78.0 Å². The van der Waals surface area contributed by atoms with Gasteiger partial charge in [0.1, 0.15) is 22.3 Å². The molecule has 512 valence electrons. The molecule has 4 aliphatic rings. The summed E-state index contributed by atoms with van der Waals surface area (Å²) >= 11 is 0. The number of furan rings is 2. The highest BCUT2D eigenvalue weighted by Gasteiger charge is 2.55. The van der Waals surface area contributed by atoms with Crippen LogP contribution in [0.2, 0.25) is 0 Å². The van der Waals surface area contributed by atoms with Crippen molar-refractivity contribution in [2.24, 2.45) is 0 Å². The van der Waals surface area contributed by atoms with Crippen molar-refractivity contribution in [3.05, 3.63) is 443 Å². The highest BCUT2D eigenvalue weighted by atomic mass is 16.3. The second kappa shape index (κ2) is 24.1. The molecule has 0 saturated heterocycles. The van der Waals surface area contributed by atoms with E-state index in [2.05, 4.69) is 389 Å². The van der Waals surface area contributed by atoms with Crippen LogP contribution < -0.4 is 9.80 Å². The minimum atomic E-state index is -0.428. The maximum absolute atomic E-state index is 6.44. The minimum Gasteiger partial charge on any atom is -0.456 e. The summed E-state index contributed by atoms with van der Waals surface area (Å²) in [5.41, 5.74) is 35.4. The Hall–Kier alpha value is -13.3. The summed E-state index contributed by atoms with van der Waals surface area (Å²) in [7, 11) is 0. The van der Waals surface area contributed by atoms with Crippen LogP contribution in [0.1, 0.15) is 94.5 Å². The van der Waals surface area contributed by atoms with E-state index in [0.29, 0.717) is 0 Å². The van der Waals surface area contributed by atoms with E-state index in [0.717, 1.165) is 78.0 Å². The smallest absolute Gasteiger partial charge is 0.137 e. The van der Waals surface area contributed by atoms with Crippen LogP contribution in [0.3, 0.4) is 0 Å². The van der Waals surface area contributed by atoms with Gasteiger partial charge in [0.05, 0.1) is 10.8 Å². The van der Waals surface area contributed by atoms with Crippen molar-refractivity contribution < 1.29 is 8.83 Å². The lowest BCUT2D eigenvalue weighted by Crippen LogP contribution is -2.40. The summed E-state index contributed by atoms with van der Waals surface area (Å²) in [4.78, 5) is 4.68. The Kier molecular flexibility index (Phi) is 14.1. The lowest BCUT2D eigenvalue weighted by molar-refractivity contribution is 0.563. The molecule has 0 unspecified atom stereocenters. The van der Waals surface area contributed by atoms with Gasteiger partial charge < -0.3 is 18.6 Å². The molecule has 0 aliphatic heterocycles. The fourth-order valence-electron chi connectivity index (χ4n) is 19.5. The average molecular weight is 1380 g/mol. The van der Waals surface area contributed by atoms with Crippen molar-refractivity contribution in [3.63, 3.8) is 0 Å². The van der Waals surface area contributed by atoms with Gasteiger partial charge in [0.25, 0.3) is 0 Å². The standard InChI is InChI=1S/2C52H37NO/c1-51(2)45-19-9-11-21-47(45)52(48-22-12-10-20-46(48)51)43-18-8-6-16-39(43)42-32-35(26-31-44(42)52)34-24-27-37(28-25-34)53(36-14-4-3-5-15-36)38-29-30-41-40-17-7-13-23-49(40)54-50(41)33-38;1-51(2)45-19-9-11-21-47(45)52(48-22-12-10-20-46(48)51)43-18-8-6-16-39(43)42-32-37(29-31-44(42)52)53(36-26-24-35(25-27-36)34-14-4-3-5-15-34)38-28-30-41-40-17-7-13-23-49(40)54-50(41)33-38/h2*3-33H,1-2H3. The SMILES string of the molecule is CC1(C)c2ccccc2C2(c3ccccc3-c3cc(-c4ccc(N(c5ccccc5)c5ccc6c(c5)oc5ccccc56)cc4)ccc32)c2ccccc21.CC1(C)c2ccccc2C2(c3ccccc3-c3cc(N(c4ccc(-c5ccccc5)cc4)c4ccc5c(c4)oc4ccccc45)ccc32)c2ccccc21. The summed E-state index contributed by atoms with van der Waals surface area (Å²) < 4.78 is 12.8. The lowest BCUT2D eigenvalue weighted by Gasteiger charge is -2.46. The van der Waals surface area contributed by atoms with Crippen LogP contribution in [0.25, 0.3) is 88.4 Å². The molecule has 2 heterocycles. The van der Waals surface area contributed by atoms with E-state index in [1.165, 1.54) is 111 Å². The summed E-state index contributed by atoms with van der Waals surface area (Å²) in [6.07, 6.45) is 0. The van der Waals surface area contributed by atoms with E-state index >= 15 is 0 Å². The summed E-state index contributed by atoms with van der Waals surface area (Å²) in [5, 5.41) is 4.52. The molecule has 0 radical (unpaired) electrons. The third kappa shape index (κ3) is 9.23. The van der Waals surface area contributed by atoms with Crippen LogP contribution >= 0.6 is 0 Å². The Bertz CT molecular complexity index is 6530. The van der Waals surface area contributed by atoms with Gasteiger partial charge in [-0.15, -0.1) is 0 Å². The molecule has 2 aromatic heterocycles. The molecular weight excluding hydrogens is 1310 g/mol. The molecule has 18 aromatic rings. The van der Waals surface area contributed by atoms with Gasteiger partial charge in [-0.3, -0.25) is 0 Å². The molecule has 108 heavy (non-hydrogen) atoms. The third-order valence-electron chi connectivity index (χ3n) is 24.3. The molecule has 4 nitrogen and oxygen atoms in total. The van der Waals surface area contributed by atoms with Gasteiger partial charge in [0.2, 0.25) is 0 Å². The van der Waals surface area contributed by atoms with Crippen LogP contribution in [0.15, 0.2) is 385 Å². The van der Waals surface area contributed by atoms with Crippen molar-refractivity contribution in [1.82, 2.24) is 0 Å². The quantitative estimate of drug-likeness (QED) is 0.152. The average Bonchev–Trinajstić information content (AvgIpc) is 1.47. The number of rotatable bonds is 8. The van der Waals surface area contributed by atoms with Gasteiger partial charge in [-0.1, -0.05) is 301 Å². The normalized spacial score (nSPS) is 14.4. The second-order valence-electron chi connectivity index (χ2n) is 30.5. The van der Waals surface area contributed by atoms with Crippen molar-refractivity contribution in [1.29, 1.82) is 0 Å². The third-order valence-corrected chi connectivity index (χ3v) is 24.3. The summed E-state index contributed by atoms with van der Waals surface area (Å²) in [6, 6.07) is 138. The molecule has 0 atom stereocenters. The van der Waals surface area contributed by atoms with Gasteiger partial charge in [-0.25, -0.2) is 0 Å². The topological polar surface area (TPSA) is 32.8 Å². The zero-order chi connectivity index (χ0) is 72.0. The highest BCUT2D eigenvalue weighted by Crippen LogP contribution is 2.65. The first kappa shape index (κ1) is 63.2. The number of hydrogen-bond acceptors (Lipinski definition) is 4. The van der Waals surface area contributed by atoms with Crippen molar-refractivity contribution in [3.8, 4) is 44.5 Å². The molecule has 0 N–H and O–H groups in total. The number of benzene rings is 16. The predicted octanol–water partition coefficient (Wildman–Crippen LogP) is 27.5. The van der Waals surface area contributed by atoms with Crippen LogP contribution in [0, 0.1) is 0 Å². The van der Waals surface area contributed by atoms with Gasteiger partial charge in [-0.05, 0) is 202 Å². The monoisotopic (exact) mass is 1380 g/mol. The van der Waals surface area contributed by atoms with Gasteiger partial charge in [-0.2, -0.15) is 0 Å². The maximum Gasteiger partial charge on any atom is 0.137 e. The van der Waals surface area contributed by atoms with E-state index < -0.39 is 5.41 Å². The number of para-hydroxylation sites is 3. The molecular formula is C104H74N2O2. The Morgan fingerprint density at radius 1 is 0.185 bits per heavy atom. The highest BCUT2D eigenvalue weighted by molar-refractivity contribution is 6.08. The molecule has 0 saturated carbocycles. The zero-order valence-electron chi connectivity index (χ0n) is 60.5. The fraction of sp³-hybridized carbons (Fsp3) is 0.0769. The first-order chi connectivity index (χ1) is 53.1. The molecule has 16 aromatic carbocycles. The number of fused-ring (bicyclic) bond motifs is 24. The molecule has 4 aliphatic carbocycles. The Labute approximate surface area is 629 Å². The molecule has 22 rings (SSSR count). The van der Waals surface area contributed by atoms with E-state index in [4.69, 9.17) is 8.83 Å². The van der Waals surface area contributed by atoms with E-state index in [1.807, 2.05) is 24.3 Å². The largest absolute Gasteiger partial charge is 0.456 e. The first-order valence-electron chi connectivity index (χ1n) is 37.7. The van der Waals surface area contributed by atoms with Crippen LogP contribution in [-0.4, -0.2) is 0 Å². The molecule has 2 spiro atoms. The Morgan fingerprint density at radius 3 is 0.935 bits per heavy atom. The van der Waals surface area contributed by atoms with Crippen molar-refractivity contribution in [2.45, 2.75) is 49.4 Å². The maximum atomic E-state index is 6.44. The predicted molar refractivity (Wildman–Crippen MR) is 447 cm³/mol. The van der Waals surface area contributed by atoms with Gasteiger partial charge in [0, 0.05) is 78.6 Å². The molecule has 0 fully saturated rings. The van der Waals surface area contributed by atoms with E-state index in [9.17, 15) is 0 Å². The van der Waals surface area contributed by atoms with Gasteiger partial charge in [0.15, 0.2) is 0 Å². The molecule has 4 heteroatoms. The fourth-order valence-corrected chi connectivity index (χ4v) is 19.5. The second-order valence-corrected chi connectivity index (χ2v) is 30.5. The number of nitrogens with zero attached hydrogens (tertiary/aromatic N) is 2. The first-order valence-corrected chi connectivity index (χ1v) is 37.7. The van der Waals surface area contributed by atoms with E-state index in [-0.39, 0.29) is 16.2 Å².